The number of ether oxygens (including phenoxy) is 2. The topological polar surface area (TPSA) is 55.8 Å². The zero-order valence-corrected chi connectivity index (χ0v) is 22.0. The van der Waals surface area contributed by atoms with Crippen LogP contribution in [0.25, 0.3) is 0 Å². The molecule has 0 spiro atoms. The van der Waals surface area contributed by atoms with Crippen LogP contribution in [0.2, 0.25) is 0 Å². The van der Waals surface area contributed by atoms with Gasteiger partial charge in [-0.05, 0) is 124 Å². The Morgan fingerprint density at radius 3 is 2.39 bits per heavy atom. The lowest BCUT2D eigenvalue weighted by Gasteiger charge is -2.61. The fourth-order valence-corrected chi connectivity index (χ4v) is 9.40. The molecule has 0 amide bonds. The van der Waals surface area contributed by atoms with E-state index in [0.29, 0.717) is 41.8 Å². The molecule has 4 aliphatic carbocycles. The van der Waals surface area contributed by atoms with Gasteiger partial charge in [-0.25, -0.2) is 0 Å². The van der Waals surface area contributed by atoms with Gasteiger partial charge in [0, 0.05) is 6.42 Å². The molecule has 0 aromatic heterocycles. The van der Waals surface area contributed by atoms with Gasteiger partial charge in [0.05, 0.1) is 25.4 Å². The van der Waals surface area contributed by atoms with Crippen LogP contribution in [0.1, 0.15) is 105 Å². The quantitative estimate of drug-likeness (QED) is 0.376. The minimum absolute atomic E-state index is 0.283. The standard InChI is InChI=1S/C29H50O4/c1-19(2)32-16-17-33-22-12-14-28(4)21(18-22)7-8-23-25-10-9-24(20(3)6-11-27(30)31)29(25,5)15-13-26(23)28/h19-26H,6-18H2,1-5H3,(H,30,31)/t20-,21-,22-,23+,24-,25+,26+,28+,29-/m1/s1. The Kier molecular flexibility index (Phi) is 7.85. The summed E-state index contributed by atoms with van der Waals surface area (Å²) in [5.41, 5.74) is 0.921. The van der Waals surface area contributed by atoms with E-state index in [1.54, 1.807) is 0 Å². The van der Waals surface area contributed by atoms with Crippen LogP contribution in [0.5, 0.6) is 0 Å². The predicted molar refractivity (Wildman–Crippen MR) is 132 cm³/mol. The summed E-state index contributed by atoms with van der Waals surface area (Å²) in [6, 6.07) is 0. The number of carbonyl (C=O) groups is 1. The average Bonchev–Trinajstić information content (AvgIpc) is 3.12. The van der Waals surface area contributed by atoms with Gasteiger partial charge in [-0.2, -0.15) is 0 Å². The van der Waals surface area contributed by atoms with Crippen molar-refractivity contribution in [2.24, 2.45) is 46.3 Å². The van der Waals surface area contributed by atoms with Crippen molar-refractivity contribution in [3.63, 3.8) is 0 Å². The SMILES string of the molecule is CC(C)OCCO[C@@H]1CC[C@@]2(C)[C@H](CC[C@@H]3[C@@H]2CC[C@]2(C)[C@@H]([C@H](C)CCC(=O)O)CC[C@@H]32)C1. The molecular formula is C29H50O4. The summed E-state index contributed by atoms with van der Waals surface area (Å²) in [7, 11) is 0. The van der Waals surface area contributed by atoms with Gasteiger partial charge in [-0.3, -0.25) is 4.79 Å². The Balaban J connectivity index is 1.37. The smallest absolute Gasteiger partial charge is 0.303 e. The zero-order chi connectivity index (χ0) is 23.8. The third-order valence-corrected chi connectivity index (χ3v) is 11.1. The van der Waals surface area contributed by atoms with Crippen molar-refractivity contribution in [2.75, 3.05) is 13.2 Å². The first-order valence-electron chi connectivity index (χ1n) is 14.1. The Morgan fingerprint density at radius 1 is 0.939 bits per heavy atom. The van der Waals surface area contributed by atoms with Crippen LogP contribution in [-0.4, -0.2) is 36.5 Å². The second kappa shape index (κ2) is 10.2. The summed E-state index contributed by atoms with van der Waals surface area (Å²) in [5, 5.41) is 9.18. The Labute approximate surface area is 202 Å². The van der Waals surface area contributed by atoms with Crippen LogP contribution in [-0.2, 0) is 14.3 Å². The van der Waals surface area contributed by atoms with E-state index in [9.17, 15) is 9.90 Å². The first-order valence-corrected chi connectivity index (χ1v) is 14.1. The summed E-state index contributed by atoms with van der Waals surface area (Å²) >= 11 is 0. The molecule has 0 aromatic rings. The lowest BCUT2D eigenvalue weighted by Crippen LogP contribution is -2.54. The molecule has 4 aliphatic rings. The van der Waals surface area contributed by atoms with E-state index in [0.717, 1.165) is 36.7 Å². The lowest BCUT2D eigenvalue weighted by atomic mass is 9.44. The number of fused-ring (bicyclic) bond motifs is 5. The molecule has 4 saturated carbocycles. The molecule has 0 saturated heterocycles. The molecule has 33 heavy (non-hydrogen) atoms. The maximum absolute atomic E-state index is 11.1. The molecule has 4 nitrogen and oxygen atoms in total. The first-order chi connectivity index (χ1) is 15.6. The highest BCUT2D eigenvalue weighted by atomic mass is 16.5. The van der Waals surface area contributed by atoms with E-state index in [1.807, 2.05) is 0 Å². The maximum Gasteiger partial charge on any atom is 0.303 e. The van der Waals surface area contributed by atoms with Crippen LogP contribution in [0.15, 0.2) is 0 Å². The molecule has 0 heterocycles. The van der Waals surface area contributed by atoms with Gasteiger partial charge in [-0.1, -0.05) is 20.8 Å². The van der Waals surface area contributed by atoms with Crippen LogP contribution < -0.4 is 0 Å². The highest BCUT2D eigenvalue weighted by Crippen LogP contribution is 2.68. The molecule has 1 N–H and O–H groups in total. The second-order valence-electron chi connectivity index (χ2n) is 13.0. The second-order valence-corrected chi connectivity index (χ2v) is 13.0. The van der Waals surface area contributed by atoms with Crippen LogP contribution in [0.4, 0.5) is 0 Å². The largest absolute Gasteiger partial charge is 0.481 e. The van der Waals surface area contributed by atoms with E-state index < -0.39 is 5.97 Å². The number of rotatable bonds is 9. The van der Waals surface area contributed by atoms with Crippen molar-refractivity contribution in [3.8, 4) is 0 Å². The van der Waals surface area contributed by atoms with Crippen LogP contribution >= 0.6 is 0 Å². The third kappa shape index (κ3) is 5.03. The number of aliphatic carboxylic acids is 1. The van der Waals surface area contributed by atoms with Gasteiger partial charge >= 0.3 is 5.97 Å². The average molecular weight is 463 g/mol. The van der Waals surface area contributed by atoms with Gasteiger partial charge < -0.3 is 14.6 Å². The molecule has 0 aromatic carbocycles. The first kappa shape index (κ1) is 25.5. The van der Waals surface area contributed by atoms with E-state index in [1.165, 1.54) is 57.8 Å². The molecule has 0 bridgehead atoms. The molecule has 4 fully saturated rings. The number of hydrogen-bond acceptors (Lipinski definition) is 3. The van der Waals surface area contributed by atoms with Crippen molar-refractivity contribution in [1.82, 2.24) is 0 Å². The fourth-order valence-electron chi connectivity index (χ4n) is 9.40. The van der Waals surface area contributed by atoms with Gasteiger partial charge in [-0.15, -0.1) is 0 Å². The Morgan fingerprint density at radius 2 is 1.67 bits per heavy atom. The van der Waals surface area contributed by atoms with Crippen molar-refractivity contribution >= 4 is 5.97 Å². The number of carboxylic acid groups (broad SMARTS) is 1. The van der Waals surface area contributed by atoms with Gasteiger partial charge in [0.2, 0.25) is 0 Å². The van der Waals surface area contributed by atoms with Gasteiger partial charge in [0.15, 0.2) is 0 Å². The Hall–Kier alpha value is -0.610. The molecule has 9 atom stereocenters. The van der Waals surface area contributed by atoms with Gasteiger partial charge in [0.1, 0.15) is 0 Å². The fraction of sp³-hybridized carbons (Fsp3) is 0.966. The van der Waals surface area contributed by atoms with E-state index in [2.05, 4.69) is 34.6 Å². The minimum Gasteiger partial charge on any atom is -0.481 e. The summed E-state index contributed by atoms with van der Waals surface area (Å²) in [4.78, 5) is 11.1. The molecule has 0 aliphatic heterocycles. The molecule has 0 radical (unpaired) electrons. The van der Waals surface area contributed by atoms with Crippen LogP contribution in [0.3, 0.4) is 0 Å². The van der Waals surface area contributed by atoms with Crippen molar-refractivity contribution in [1.29, 1.82) is 0 Å². The van der Waals surface area contributed by atoms with Crippen molar-refractivity contribution in [2.45, 2.75) is 117 Å². The lowest BCUT2D eigenvalue weighted by molar-refractivity contribution is -0.141. The highest BCUT2D eigenvalue weighted by Gasteiger charge is 2.60. The minimum atomic E-state index is -0.636. The zero-order valence-electron chi connectivity index (χ0n) is 22.0. The third-order valence-electron chi connectivity index (χ3n) is 11.1. The number of hydrogen-bond donors (Lipinski definition) is 1. The molecular weight excluding hydrogens is 412 g/mol. The van der Waals surface area contributed by atoms with E-state index in [4.69, 9.17) is 9.47 Å². The van der Waals surface area contributed by atoms with Crippen molar-refractivity contribution in [3.05, 3.63) is 0 Å². The molecule has 4 heteroatoms. The van der Waals surface area contributed by atoms with E-state index in [-0.39, 0.29) is 6.10 Å². The summed E-state index contributed by atoms with van der Waals surface area (Å²) in [5.74, 6) is 4.06. The monoisotopic (exact) mass is 462 g/mol. The highest BCUT2D eigenvalue weighted by molar-refractivity contribution is 5.66. The van der Waals surface area contributed by atoms with Crippen LogP contribution in [0, 0.1) is 46.3 Å². The summed E-state index contributed by atoms with van der Waals surface area (Å²) in [6.07, 6.45) is 13.9. The molecule has 190 valence electrons. The molecule has 0 unspecified atom stereocenters. The van der Waals surface area contributed by atoms with Crippen molar-refractivity contribution < 1.29 is 19.4 Å². The predicted octanol–water partition coefficient (Wildman–Crippen LogP) is 6.96. The maximum atomic E-state index is 11.1. The summed E-state index contributed by atoms with van der Waals surface area (Å²) in [6.45, 7) is 13.2. The van der Waals surface area contributed by atoms with E-state index >= 15 is 0 Å². The molecule has 4 rings (SSSR count). The number of carboxylic acids is 1. The Bertz CT molecular complexity index is 677. The van der Waals surface area contributed by atoms with Gasteiger partial charge in [0.25, 0.3) is 0 Å². The normalized spacial score (nSPS) is 43.6. The summed E-state index contributed by atoms with van der Waals surface area (Å²) < 4.78 is 11.9.